The largest absolute Gasteiger partial charge is 0.316 e. The normalized spacial score (nSPS) is 15.7. The molecule has 2 rings (SSSR count). The van der Waals surface area contributed by atoms with Crippen LogP contribution in [0.25, 0.3) is 0 Å². The number of hydrogen-bond donors (Lipinski definition) is 0. The molecule has 0 radical (unpaired) electrons. The summed E-state index contributed by atoms with van der Waals surface area (Å²) in [5, 5.41) is 0. The fourth-order valence-corrected chi connectivity index (χ4v) is 2.25. The fourth-order valence-electron chi connectivity index (χ4n) is 2.25. The summed E-state index contributed by atoms with van der Waals surface area (Å²) in [6.45, 7) is 8.29. The van der Waals surface area contributed by atoms with E-state index in [0.717, 1.165) is 29.8 Å². The SMILES string of the molecule is CC.CN=C(C)c1ccccc1N=C1CC[C-](C)CC1.[Yb]. The second-order valence-electron chi connectivity index (χ2n) is 4.96. The van der Waals surface area contributed by atoms with Gasteiger partial charge in [0.25, 0.3) is 0 Å². The molecule has 1 aromatic rings. The van der Waals surface area contributed by atoms with Crippen LogP contribution in [0, 0.1) is 52.8 Å². The van der Waals surface area contributed by atoms with Crippen LogP contribution in [0.2, 0.25) is 0 Å². The fraction of sp³-hybridized carbons (Fsp3) is 0.500. The van der Waals surface area contributed by atoms with Gasteiger partial charge in [-0.25, -0.2) is 0 Å². The number of rotatable bonds is 2. The maximum Gasteiger partial charge on any atom is 0.0719 e. The standard InChI is InChI=1S/C16H21N2.C2H6.Yb/c1-12-8-10-14(11-9-12)18-16-7-5-4-6-15(16)13(2)17-3;1-2;/h4-7H,8-11H2,1-3H3;1-2H3;/q-1;;. The molecule has 21 heavy (non-hydrogen) atoms. The quantitative estimate of drug-likeness (QED) is 0.432. The summed E-state index contributed by atoms with van der Waals surface area (Å²) in [5.41, 5.74) is 4.60. The molecule has 1 aliphatic rings. The topological polar surface area (TPSA) is 24.7 Å². The van der Waals surface area contributed by atoms with Gasteiger partial charge in [-0.2, -0.15) is 19.8 Å². The van der Waals surface area contributed by atoms with Crippen LogP contribution in [0.4, 0.5) is 5.69 Å². The second kappa shape index (κ2) is 11.6. The van der Waals surface area contributed by atoms with Gasteiger partial charge in [0.05, 0.1) is 5.69 Å². The van der Waals surface area contributed by atoms with Crippen LogP contribution in [-0.2, 0) is 0 Å². The van der Waals surface area contributed by atoms with Gasteiger partial charge in [-0.1, -0.05) is 32.0 Å². The molecule has 1 aromatic carbocycles. The Hall–Kier alpha value is 0.0795. The minimum absolute atomic E-state index is 0. The number of nitrogens with zero attached hydrogens (tertiary/aromatic N) is 2. The first kappa shape index (κ1) is 21.1. The van der Waals surface area contributed by atoms with Gasteiger partial charge in [0.2, 0.25) is 0 Å². The average molecular weight is 444 g/mol. The van der Waals surface area contributed by atoms with Crippen molar-refractivity contribution < 1.29 is 46.9 Å². The smallest absolute Gasteiger partial charge is 0.0719 e. The Morgan fingerprint density at radius 2 is 1.67 bits per heavy atom. The van der Waals surface area contributed by atoms with Gasteiger partial charge < -0.3 is 5.92 Å². The number of benzene rings is 1. The molecule has 3 heteroatoms. The van der Waals surface area contributed by atoms with Gasteiger partial charge in [-0.05, 0) is 25.8 Å². The van der Waals surface area contributed by atoms with E-state index in [0.29, 0.717) is 0 Å². The summed E-state index contributed by atoms with van der Waals surface area (Å²) in [7, 11) is 1.83. The summed E-state index contributed by atoms with van der Waals surface area (Å²) < 4.78 is 0. The van der Waals surface area contributed by atoms with Gasteiger partial charge in [0, 0.05) is 71.0 Å². The third-order valence-corrected chi connectivity index (χ3v) is 3.59. The van der Waals surface area contributed by atoms with E-state index in [1.54, 1.807) is 5.92 Å². The Kier molecular flexibility index (Phi) is 11.7. The molecule has 0 atom stereocenters. The van der Waals surface area contributed by atoms with Crippen molar-refractivity contribution in [2.75, 3.05) is 7.05 Å². The van der Waals surface area contributed by atoms with Gasteiger partial charge in [0.15, 0.2) is 0 Å². The van der Waals surface area contributed by atoms with Crippen molar-refractivity contribution in [3.8, 4) is 0 Å². The van der Waals surface area contributed by atoms with Crippen molar-refractivity contribution in [2.45, 2.75) is 53.4 Å². The first-order valence-corrected chi connectivity index (χ1v) is 7.61. The van der Waals surface area contributed by atoms with Crippen LogP contribution in [0.1, 0.15) is 58.9 Å². The van der Waals surface area contributed by atoms with Crippen molar-refractivity contribution in [3.05, 3.63) is 35.7 Å². The zero-order chi connectivity index (χ0) is 15.0. The van der Waals surface area contributed by atoms with E-state index in [-0.39, 0.29) is 46.9 Å². The first-order valence-electron chi connectivity index (χ1n) is 7.61. The first-order chi connectivity index (χ1) is 9.70. The molecule has 0 unspecified atom stereocenters. The van der Waals surface area contributed by atoms with Crippen LogP contribution in [0.15, 0.2) is 34.3 Å². The average Bonchev–Trinajstić information content (AvgIpc) is 2.51. The predicted molar refractivity (Wildman–Crippen MR) is 90.4 cm³/mol. The molecule has 0 aromatic heterocycles. The zero-order valence-corrected chi connectivity index (χ0v) is 15.5. The van der Waals surface area contributed by atoms with Gasteiger partial charge >= 0.3 is 0 Å². The number of aliphatic imine (C=N–C) groups is 2. The number of hydrogen-bond acceptors (Lipinski definition) is 2. The third-order valence-electron chi connectivity index (χ3n) is 3.59. The Bertz CT molecular complexity index is 468. The van der Waals surface area contributed by atoms with Gasteiger partial charge in [-0.15, -0.1) is 0 Å². The third kappa shape index (κ3) is 6.79. The molecule has 0 heterocycles. The second-order valence-corrected chi connectivity index (χ2v) is 4.96. The van der Waals surface area contributed by atoms with Crippen molar-refractivity contribution >= 4 is 17.1 Å². The summed E-state index contributed by atoms with van der Waals surface area (Å²) >= 11 is 0. The Labute approximate surface area is 168 Å². The molecular formula is C18H27N2Yb-. The summed E-state index contributed by atoms with van der Waals surface area (Å²) in [6, 6.07) is 8.28. The van der Waals surface area contributed by atoms with E-state index in [9.17, 15) is 0 Å². The zero-order valence-electron chi connectivity index (χ0n) is 13.8. The predicted octanol–water partition coefficient (Wildman–Crippen LogP) is 5.39. The van der Waals surface area contributed by atoms with Crippen LogP contribution >= 0.6 is 0 Å². The molecule has 0 bridgehead atoms. The monoisotopic (exact) mass is 445 g/mol. The van der Waals surface area contributed by atoms with E-state index in [1.165, 1.54) is 18.6 Å². The molecular weight excluding hydrogens is 417 g/mol. The molecule has 1 saturated carbocycles. The summed E-state index contributed by atoms with van der Waals surface area (Å²) in [4.78, 5) is 9.11. The van der Waals surface area contributed by atoms with Crippen LogP contribution in [0.3, 0.4) is 0 Å². The summed E-state index contributed by atoms with van der Waals surface area (Å²) in [6.07, 6.45) is 4.62. The molecule has 0 amide bonds. The Balaban J connectivity index is 0.00000128. The molecule has 1 aliphatic carbocycles. The van der Waals surface area contributed by atoms with Crippen LogP contribution < -0.4 is 0 Å². The molecule has 124 valence electrons. The minimum Gasteiger partial charge on any atom is -0.316 e. The van der Waals surface area contributed by atoms with Crippen molar-refractivity contribution in [3.63, 3.8) is 0 Å². The van der Waals surface area contributed by atoms with E-state index < -0.39 is 0 Å². The van der Waals surface area contributed by atoms with Crippen molar-refractivity contribution in [2.24, 2.45) is 9.98 Å². The van der Waals surface area contributed by atoms with Crippen LogP contribution in [-0.4, -0.2) is 18.5 Å². The minimum atomic E-state index is 0. The molecule has 1 fully saturated rings. The molecule has 0 N–H and O–H groups in total. The Morgan fingerprint density at radius 3 is 2.24 bits per heavy atom. The van der Waals surface area contributed by atoms with Gasteiger partial charge in [-0.3, -0.25) is 9.98 Å². The molecule has 0 saturated heterocycles. The van der Waals surface area contributed by atoms with E-state index in [1.807, 2.05) is 40.0 Å². The Morgan fingerprint density at radius 1 is 1.10 bits per heavy atom. The number of para-hydroxylation sites is 1. The van der Waals surface area contributed by atoms with Crippen molar-refractivity contribution in [1.29, 1.82) is 0 Å². The maximum atomic E-state index is 4.84. The molecule has 2 nitrogen and oxygen atoms in total. The van der Waals surface area contributed by atoms with Crippen LogP contribution in [0.5, 0.6) is 0 Å². The molecule has 0 aliphatic heterocycles. The maximum absolute atomic E-state index is 4.84. The summed E-state index contributed by atoms with van der Waals surface area (Å²) in [5.74, 6) is 1.61. The van der Waals surface area contributed by atoms with Gasteiger partial charge in [0.1, 0.15) is 0 Å². The van der Waals surface area contributed by atoms with E-state index >= 15 is 0 Å². The van der Waals surface area contributed by atoms with Crippen molar-refractivity contribution in [1.82, 2.24) is 0 Å². The van der Waals surface area contributed by atoms with E-state index in [4.69, 9.17) is 4.99 Å². The molecule has 0 spiro atoms. The van der Waals surface area contributed by atoms with E-state index in [2.05, 4.69) is 24.0 Å².